The van der Waals surface area contributed by atoms with Gasteiger partial charge in [0.2, 0.25) is 0 Å². The van der Waals surface area contributed by atoms with Crippen LogP contribution in [0.1, 0.15) is 16.8 Å². The van der Waals surface area contributed by atoms with Gasteiger partial charge in [0.05, 0.1) is 5.92 Å². The van der Waals surface area contributed by atoms with Crippen molar-refractivity contribution >= 4 is 17.3 Å². The van der Waals surface area contributed by atoms with Crippen molar-refractivity contribution in [2.24, 2.45) is 5.92 Å². The Bertz CT molecular complexity index is 361. The highest BCUT2D eigenvalue weighted by Crippen LogP contribution is 2.33. The molecule has 0 aliphatic carbocycles. The number of aromatic nitrogens is 1. The third kappa shape index (κ3) is 3.19. The maximum absolute atomic E-state index is 12.1. The van der Waals surface area contributed by atoms with Gasteiger partial charge in [-0.2, -0.15) is 13.2 Å². The lowest BCUT2D eigenvalue weighted by atomic mass is 10.1. The third-order valence-electron chi connectivity index (χ3n) is 1.73. The molecule has 1 aromatic heterocycles. The molecule has 0 bridgehead atoms. The Labute approximate surface area is 87.6 Å². The summed E-state index contributed by atoms with van der Waals surface area (Å²) in [4.78, 5) is 14.0. The predicted octanol–water partition coefficient (Wildman–Crippen LogP) is 2.43. The number of rotatable bonds is 3. The molecule has 0 saturated carbocycles. The van der Waals surface area contributed by atoms with E-state index < -0.39 is 23.1 Å². The monoisotopic (exact) mass is 239 g/mol. The Morgan fingerprint density at radius 3 is 2.67 bits per heavy atom. The van der Waals surface area contributed by atoms with Crippen LogP contribution in [0.4, 0.5) is 13.2 Å². The number of aliphatic carboxylic acids is 1. The Hall–Kier alpha value is -1.11. The fraction of sp³-hybridized carbons (Fsp3) is 0.500. The average molecular weight is 239 g/mol. The van der Waals surface area contributed by atoms with Crippen molar-refractivity contribution in [3.63, 3.8) is 0 Å². The number of carboxylic acids is 1. The molecule has 0 amide bonds. The standard InChI is InChI=1S/C8H8F3NO2S/c1-4(6(13)14)2-5-3-12-7(15-5)8(9,10)11/h3-4H,2H2,1H3,(H,13,14). The van der Waals surface area contributed by atoms with Crippen LogP contribution in [0.15, 0.2) is 6.20 Å². The minimum Gasteiger partial charge on any atom is -0.481 e. The van der Waals surface area contributed by atoms with Crippen LogP contribution in [0, 0.1) is 5.92 Å². The lowest BCUT2D eigenvalue weighted by Crippen LogP contribution is -2.11. The topological polar surface area (TPSA) is 50.2 Å². The Morgan fingerprint density at radius 1 is 1.67 bits per heavy atom. The van der Waals surface area contributed by atoms with Crippen LogP contribution in [-0.4, -0.2) is 16.1 Å². The zero-order valence-corrected chi connectivity index (χ0v) is 8.52. The Balaban J connectivity index is 2.73. The van der Waals surface area contributed by atoms with E-state index in [0.29, 0.717) is 16.2 Å². The number of hydrogen-bond donors (Lipinski definition) is 1. The van der Waals surface area contributed by atoms with Crippen molar-refractivity contribution in [3.8, 4) is 0 Å². The van der Waals surface area contributed by atoms with Crippen LogP contribution in [0.25, 0.3) is 0 Å². The van der Waals surface area contributed by atoms with Crippen molar-refractivity contribution in [2.75, 3.05) is 0 Å². The second-order valence-electron chi connectivity index (χ2n) is 3.07. The number of carboxylic acid groups (broad SMARTS) is 1. The second kappa shape index (κ2) is 4.18. The third-order valence-corrected chi connectivity index (χ3v) is 2.79. The van der Waals surface area contributed by atoms with Crippen LogP contribution in [0.5, 0.6) is 0 Å². The fourth-order valence-corrected chi connectivity index (χ4v) is 1.83. The summed E-state index contributed by atoms with van der Waals surface area (Å²) >= 11 is 0.486. The fourth-order valence-electron chi connectivity index (χ4n) is 0.922. The average Bonchev–Trinajstić information content (AvgIpc) is 2.51. The molecule has 1 rings (SSSR count). The maximum atomic E-state index is 12.1. The van der Waals surface area contributed by atoms with Crippen LogP contribution < -0.4 is 0 Å². The zero-order chi connectivity index (χ0) is 11.6. The van der Waals surface area contributed by atoms with E-state index in [2.05, 4.69) is 4.98 Å². The smallest absolute Gasteiger partial charge is 0.443 e. The highest BCUT2D eigenvalue weighted by atomic mass is 32.1. The van der Waals surface area contributed by atoms with Gasteiger partial charge in [0.1, 0.15) is 0 Å². The number of halogens is 3. The van der Waals surface area contributed by atoms with Gasteiger partial charge in [-0.1, -0.05) is 6.92 Å². The molecular formula is C8H8F3NO2S. The van der Waals surface area contributed by atoms with Crippen LogP contribution in [0.2, 0.25) is 0 Å². The first kappa shape index (κ1) is 12.0. The van der Waals surface area contributed by atoms with Crippen molar-refractivity contribution in [1.29, 1.82) is 0 Å². The summed E-state index contributed by atoms with van der Waals surface area (Å²) in [5, 5.41) is 7.64. The van der Waals surface area contributed by atoms with Crippen LogP contribution in [-0.2, 0) is 17.4 Å². The highest BCUT2D eigenvalue weighted by Gasteiger charge is 2.34. The van der Waals surface area contributed by atoms with Crippen LogP contribution in [0.3, 0.4) is 0 Å². The molecule has 0 spiro atoms. The summed E-state index contributed by atoms with van der Waals surface area (Å²) in [6.07, 6.45) is -3.30. The van der Waals surface area contributed by atoms with Crippen molar-refractivity contribution in [1.82, 2.24) is 4.98 Å². The molecule has 1 atom stereocenters. The van der Waals surface area contributed by atoms with E-state index >= 15 is 0 Å². The molecule has 7 heteroatoms. The van der Waals surface area contributed by atoms with E-state index in [-0.39, 0.29) is 6.42 Å². The van der Waals surface area contributed by atoms with Gasteiger partial charge in [0.15, 0.2) is 5.01 Å². The quantitative estimate of drug-likeness (QED) is 0.881. The highest BCUT2D eigenvalue weighted by molar-refractivity contribution is 7.11. The van der Waals surface area contributed by atoms with E-state index in [0.717, 1.165) is 6.20 Å². The SMILES string of the molecule is CC(Cc1cnc(C(F)(F)F)s1)C(=O)O. The molecular weight excluding hydrogens is 231 g/mol. The summed E-state index contributed by atoms with van der Waals surface area (Å²) < 4.78 is 36.4. The molecule has 1 N–H and O–H groups in total. The molecule has 1 unspecified atom stereocenters. The molecule has 3 nitrogen and oxygen atoms in total. The first-order chi connectivity index (χ1) is 6.80. The lowest BCUT2D eigenvalue weighted by molar-refractivity contribution is -0.141. The van der Waals surface area contributed by atoms with Crippen LogP contribution >= 0.6 is 11.3 Å². The molecule has 0 radical (unpaired) electrons. The van der Waals surface area contributed by atoms with Crippen molar-refractivity contribution in [2.45, 2.75) is 19.5 Å². The first-order valence-electron chi connectivity index (χ1n) is 4.05. The molecule has 84 valence electrons. The first-order valence-corrected chi connectivity index (χ1v) is 4.87. The van der Waals surface area contributed by atoms with Gasteiger partial charge in [0, 0.05) is 11.1 Å². The Kier molecular flexibility index (Phi) is 3.33. The maximum Gasteiger partial charge on any atom is 0.443 e. The minimum absolute atomic E-state index is 0.0725. The molecule has 15 heavy (non-hydrogen) atoms. The van der Waals surface area contributed by atoms with Gasteiger partial charge < -0.3 is 5.11 Å². The van der Waals surface area contributed by atoms with E-state index in [1.807, 2.05) is 0 Å². The van der Waals surface area contributed by atoms with Gasteiger partial charge in [-0.15, -0.1) is 11.3 Å². The zero-order valence-electron chi connectivity index (χ0n) is 7.71. The van der Waals surface area contributed by atoms with E-state index in [1.165, 1.54) is 6.92 Å². The molecule has 1 aromatic rings. The van der Waals surface area contributed by atoms with E-state index in [4.69, 9.17) is 5.11 Å². The second-order valence-corrected chi connectivity index (χ2v) is 4.19. The van der Waals surface area contributed by atoms with Gasteiger partial charge >= 0.3 is 12.1 Å². The number of carbonyl (C=O) groups is 1. The molecule has 0 aromatic carbocycles. The predicted molar refractivity (Wildman–Crippen MR) is 47.6 cm³/mol. The summed E-state index contributed by atoms with van der Waals surface area (Å²) in [5.41, 5.74) is 0. The van der Waals surface area contributed by atoms with Gasteiger partial charge in [-0.25, -0.2) is 4.98 Å². The summed E-state index contributed by atoms with van der Waals surface area (Å²) in [7, 11) is 0. The molecule has 1 heterocycles. The largest absolute Gasteiger partial charge is 0.481 e. The minimum atomic E-state index is -4.45. The summed E-state index contributed by atoms with van der Waals surface area (Å²) in [5.74, 6) is -1.73. The lowest BCUT2D eigenvalue weighted by Gasteiger charge is -2.02. The molecule has 0 saturated heterocycles. The normalized spacial score (nSPS) is 13.9. The summed E-state index contributed by atoms with van der Waals surface area (Å²) in [6, 6.07) is 0. The van der Waals surface area contributed by atoms with E-state index in [1.54, 1.807) is 0 Å². The molecule has 0 aliphatic rings. The van der Waals surface area contributed by atoms with Crippen molar-refractivity contribution in [3.05, 3.63) is 16.1 Å². The van der Waals surface area contributed by atoms with Gasteiger partial charge in [-0.3, -0.25) is 4.79 Å². The Morgan fingerprint density at radius 2 is 2.27 bits per heavy atom. The van der Waals surface area contributed by atoms with E-state index in [9.17, 15) is 18.0 Å². The number of hydrogen-bond acceptors (Lipinski definition) is 3. The summed E-state index contributed by atoms with van der Waals surface area (Å²) in [6.45, 7) is 1.44. The number of nitrogens with zero attached hydrogens (tertiary/aromatic N) is 1. The van der Waals surface area contributed by atoms with Gasteiger partial charge in [-0.05, 0) is 6.42 Å². The molecule has 0 aliphatic heterocycles. The molecule has 0 fully saturated rings. The number of alkyl halides is 3. The number of thiazole rings is 1. The van der Waals surface area contributed by atoms with Gasteiger partial charge in [0.25, 0.3) is 0 Å². The van der Waals surface area contributed by atoms with Crippen molar-refractivity contribution < 1.29 is 23.1 Å².